The average Bonchev–Trinajstić information content (AvgIpc) is 3.23. The molecule has 1 aromatic heterocycles. The van der Waals surface area contributed by atoms with Gasteiger partial charge in [0, 0.05) is 7.05 Å². The summed E-state index contributed by atoms with van der Waals surface area (Å²) in [6.07, 6.45) is 2.42. The number of carbonyl (C=O) groups excluding carboxylic acids is 1. The van der Waals surface area contributed by atoms with Gasteiger partial charge in [-0.3, -0.25) is 4.79 Å². The number of rotatable bonds is 6. The van der Waals surface area contributed by atoms with Crippen molar-refractivity contribution in [1.82, 2.24) is 19.7 Å². The summed E-state index contributed by atoms with van der Waals surface area (Å²) >= 11 is 0. The highest BCUT2D eigenvalue weighted by Gasteiger charge is 2.24. The van der Waals surface area contributed by atoms with Crippen LogP contribution >= 0.6 is 0 Å². The highest BCUT2D eigenvalue weighted by atomic mass is 19.1. The van der Waals surface area contributed by atoms with Crippen molar-refractivity contribution in [3.8, 4) is 11.4 Å². The van der Waals surface area contributed by atoms with E-state index in [0.717, 1.165) is 11.3 Å². The first kappa shape index (κ1) is 18.6. The predicted molar refractivity (Wildman–Crippen MR) is 99.0 cm³/mol. The Morgan fingerprint density at radius 3 is 2.37 bits per heavy atom. The Bertz CT molecular complexity index is 879. The molecule has 0 aliphatic heterocycles. The second-order valence-corrected chi connectivity index (χ2v) is 6.27. The maximum atomic E-state index is 13.0. The first-order chi connectivity index (χ1) is 13.0. The molecule has 0 aliphatic rings. The lowest BCUT2D eigenvalue weighted by Gasteiger charge is -2.28. The van der Waals surface area contributed by atoms with Crippen LogP contribution in [0.2, 0.25) is 0 Å². The van der Waals surface area contributed by atoms with Gasteiger partial charge in [-0.2, -0.15) is 5.10 Å². The average molecular weight is 368 g/mol. The van der Waals surface area contributed by atoms with E-state index in [1.54, 1.807) is 29.9 Å². The van der Waals surface area contributed by atoms with Crippen LogP contribution in [0.3, 0.4) is 0 Å². The molecule has 2 atom stereocenters. The minimum Gasteiger partial charge on any atom is -0.481 e. The van der Waals surface area contributed by atoms with Crippen LogP contribution in [0, 0.1) is 5.82 Å². The number of likely N-dealkylation sites (N-methyl/N-ethyl adjacent to an activating group) is 1. The Balaban J connectivity index is 1.65. The molecule has 140 valence electrons. The topological polar surface area (TPSA) is 60.2 Å². The lowest BCUT2D eigenvalue weighted by atomic mass is 10.1. The summed E-state index contributed by atoms with van der Waals surface area (Å²) in [7, 11) is 1.74. The SMILES string of the molecule is C[C@H](Oc1ccc(F)cc1)C(=O)N(C)[C@@H](C)c1ccc(-n2cncn2)cc1. The molecule has 0 N–H and O–H groups in total. The molecule has 0 bridgehead atoms. The number of halogens is 1. The Kier molecular flexibility index (Phi) is 5.49. The van der Waals surface area contributed by atoms with Gasteiger partial charge in [-0.05, 0) is 55.8 Å². The smallest absolute Gasteiger partial charge is 0.263 e. The van der Waals surface area contributed by atoms with Crippen molar-refractivity contribution in [1.29, 1.82) is 0 Å². The monoisotopic (exact) mass is 368 g/mol. The number of aromatic nitrogens is 3. The number of carbonyl (C=O) groups is 1. The summed E-state index contributed by atoms with van der Waals surface area (Å²) in [6.45, 7) is 3.63. The molecule has 0 saturated heterocycles. The van der Waals surface area contributed by atoms with E-state index >= 15 is 0 Å². The molecule has 0 fully saturated rings. The van der Waals surface area contributed by atoms with Crippen molar-refractivity contribution in [3.63, 3.8) is 0 Å². The molecule has 2 aromatic carbocycles. The largest absolute Gasteiger partial charge is 0.481 e. The standard InChI is InChI=1S/C20H21FN4O2/c1-14(16-4-8-18(9-5-16)25-13-22-12-23-25)24(3)20(26)15(2)27-19-10-6-17(21)7-11-19/h4-15H,1-3H3/t14-,15-/m0/s1. The molecule has 0 spiro atoms. The van der Waals surface area contributed by atoms with E-state index in [1.807, 2.05) is 31.2 Å². The maximum absolute atomic E-state index is 13.0. The Labute approximate surface area is 157 Å². The second kappa shape index (κ2) is 7.99. The molecule has 0 radical (unpaired) electrons. The van der Waals surface area contributed by atoms with Gasteiger partial charge in [0.05, 0.1) is 11.7 Å². The first-order valence-corrected chi connectivity index (χ1v) is 8.59. The van der Waals surface area contributed by atoms with Crippen molar-refractivity contribution in [3.05, 3.63) is 72.6 Å². The lowest BCUT2D eigenvalue weighted by Crippen LogP contribution is -2.39. The van der Waals surface area contributed by atoms with Gasteiger partial charge in [0.2, 0.25) is 0 Å². The van der Waals surface area contributed by atoms with Gasteiger partial charge in [-0.1, -0.05) is 12.1 Å². The normalized spacial score (nSPS) is 13.0. The van der Waals surface area contributed by atoms with Gasteiger partial charge >= 0.3 is 0 Å². The third-order valence-corrected chi connectivity index (χ3v) is 4.46. The van der Waals surface area contributed by atoms with Crippen LogP contribution < -0.4 is 4.74 Å². The Hall–Kier alpha value is -3.22. The van der Waals surface area contributed by atoms with Crippen LogP contribution in [-0.2, 0) is 4.79 Å². The molecule has 1 heterocycles. The number of benzene rings is 2. The predicted octanol–water partition coefficient (Wildman–Crippen LogP) is 3.39. The fourth-order valence-electron chi connectivity index (χ4n) is 2.72. The zero-order chi connectivity index (χ0) is 19.4. The third-order valence-electron chi connectivity index (χ3n) is 4.46. The summed E-state index contributed by atoms with van der Waals surface area (Å²) in [5.41, 5.74) is 1.88. The molecule has 27 heavy (non-hydrogen) atoms. The molecule has 0 saturated carbocycles. The van der Waals surface area contributed by atoms with Crippen LogP contribution in [-0.4, -0.2) is 38.7 Å². The van der Waals surface area contributed by atoms with Gasteiger partial charge in [0.25, 0.3) is 5.91 Å². The summed E-state index contributed by atoms with van der Waals surface area (Å²) in [5.74, 6) is -0.0518. The van der Waals surface area contributed by atoms with Gasteiger partial charge in [0.1, 0.15) is 24.2 Å². The molecule has 7 heteroatoms. The zero-order valence-electron chi connectivity index (χ0n) is 15.4. The van der Waals surface area contributed by atoms with Gasteiger partial charge in [-0.25, -0.2) is 14.1 Å². The highest BCUT2D eigenvalue weighted by molar-refractivity contribution is 5.81. The van der Waals surface area contributed by atoms with E-state index in [4.69, 9.17) is 4.74 Å². The number of ether oxygens (including phenoxy) is 1. The second-order valence-electron chi connectivity index (χ2n) is 6.27. The summed E-state index contributed by atoms with van der Waals surface area (Å²) in [6, 6.07) is 13.2. The minimum absolute atomic E-state index is 0.137. The van der Waals surface area contributed by atoms with E-state index in [0.29, 0.717) is 5.75 Å². The van der Waals surface area contributed by atoms with Crippen molar-refractivity contribution in [2.75, 3.05) is 7.05 Å². The summed E-state index contributed by atoms with van der Waals surface area (Å²) in [4.78, 5) is 18.3. The molecule has 6 nitrogen and oxygen atoms in total. The first-order valence-electron chi connectivity index (χ1n) is 8.59. The van der Waals surface area contributed by atoms with E-state index in [9.17, 15) is 9.18 Å². The van der Waals surface area contributed by atoms with Gasteiger partial charge < -0.3 is 9.64 Å². The molecule has 1 amide bonds. The fraction of sp³-hybridized carbons (Fsp3) is 0.250. The van der Waals surface area contributed by atoms with E-state index in [2.05, 4.69) is 10.1 Å². The van der Waals surface area contributed by atoms with Crippen molar-refractivity contribution in [2.45, 2.75) is 26.0 Å². The van der Waals surface area contributed by atoms with Gasteiger partial charge in [-0.15, -0.1) is 0 Å². The van der Waals surface area contributed by atoms with Crippen molar-refractivity contribution < 1.29 is 13.9 Å². The molecule has 0 unspecified atom stereocenters. The molecular formula is C20H21FN4O2. The lowest BCUT2D eigenvalue weighted by molar-refractivity contribution is -0.138. The van der Waals surface area contributed by atoms with Crippen LogP contribution in [0.15, 0.2) is 61.2 Å². The van der Waals surface area contributed by atoms with Gasteiger partial charge in [0.15, 0.2) is 6.10 Å². The number of hydrogen-bond donors (Lipinski definition) is 0. The number of nitrogens with zero attached hydrogens (tertiary/aromatic N) is 4. The Morgan fingerprint density at radius 1 is 1.11 bits per heavy atom. The fourth-order valence-corrected chi connectivity index (χ4v) is 2.72. The molecule has 0 aliphatic carbocycles. The van der Waals surface area contributed by atoms with Crippen LogP contribution in [0.1, 0.15) is 25.5 Å². The minimum atomic E-state index is -0.683. The van der Waals surface area contributed by atoms with E-state index < -0.39 is 6.10 Å². The van der Waals surface area contributed by atoms with Crippen LogP contribution in [0.25, 0.3) is 5.69 Å². The summed E-state index contributed by atoms with van der Waals surface area (Å²) < 4.78 is 20.3. The molecule has 3 rings (SSSR count). The van der Waals surface area contributed by atoms with Crippen LogP contribution in [0.4, 0.5) is 4.39 Å². The third kappa shape index (κ3) is 4.31. The maximum Gasteiger partial charge on any atom is 0.263 e. The number of amides is 1. The van der Waals surface area contributed by atoms with E-state index in [-0.39, 0.29) is 17.8 Å². The van der Waals surface area contributed by atoms with E-state index in [1.165, 1.54) is 30.6 Å². The zero-order valence-corrected chi connectivity index (χ0v) is 15.4. The van der Waals surface area contributed by atoms with Crippen LogP contribution in [0.5, 0.6) is 5.75 Å². The Morgan fingerprint density at radius 2 is 1.78 bits per heavy atom. The summed E-state index contributed by atoms with van der Waals surface area (Å²) in [5, 5.41) is 4.09. The van der Waals surface area contributed by atoms with Crippen molar-refractivity contribution >= 4 is 5.91 Å². The highest BCUT2D eigenvalue weighted by Crippen LogP contribution is 2.22. The molecule has 3 aromatic rings. The number of hydrogen-bond acceptors (Lipinski definition) is 4. The quantitative estimate of drug-likeness (QED) is 0.669. The van der Waals surface area contributed by atoms with Crippen molar-refractivity contribution in [2.24, 2.45) is 0 Å². The molecular weight excluding hydrogens is 347 g/mol.